The molecule has 3 rings (SSSR count). The second-order valence-corrected chi connectivity index (χ2v) is 8.83. The Kier molecular flexibility index (Phi) is 7.63. The molecule has 0 aliphatic carbocycles. The highest BCUT2D eigenvalue weighted by molar-refractivity contribution is 5.96. The van der Waals surface area contributed by atoms with Gasteiger partial charge in [0.15, 0.2) is 5.92 Å². The number of hydrogen-bond donors (Lipinski definition) is 0. The first-order chi connectivity index (χ1) is 15.7. The SMILES string of the molecule is COC(=O)C(C(=O)OC)C(c1cccc(OC)c1)c1nc(C(C)(C)C)c(N2CCOCC2)o1. The Morgan fingerprint density at radius 2 is 1.70 bits per heavy atom. The van der Waals surface area contributed by atoms with Crippen molar-refractivity contribution in [1.29, 1.82) is 0 Å². The summed E-state index contributed by atoms with van der Waals surface area (Å²) in [6.45, 7) is 8.57. The molecule has 0 bridgehead atoms. The van der Waals surface area contributed by atoms with Crippen molar-refractivity contribution in [2.45, 2.75) is 32.1 Å². The molecule has 0 saturated carbocycles. The molecule has 1 saturated heterocycles. The predicted octanol–water partition coefficient (Wildman–Crippen LogP) is 2.91. The molecule has 33 heavy (non-hydrogen) atoms. The van der Waals surface area contributed by atoms with Crippen LogP contribution in [-0.2, 0) is 29.2 Å². The summed E-state index contributed by atoms with van der Waals surface area (Å²) >= 11 is 0. The van der Waals surface area contributed by atoms with E-state index in [0.29, 0.717) is 43.5 Å². The molecule has 1 atom stereocenters. The van der Waals surface area contributed by atoms with Gasteiger partial charge in [0, 0.05) is 18.5 Å². The van der Waals surface area contributed by atoms with E-state index in [0.717, 1.165) is 5.69 Å². The van der Waals surface area contributed by atoms with Crippen LogP contribution in [0.15, 0.2) is 28.7 Å². The van der Waals surface area contributed by atoms with Crippen LogP contribution in [0.25, 0.3) is 0 Å². The van der Waals surface area contributed by atoms with E-state index in [1.54, 1.807) is 31.4 Å². The monoisotopic (exact) mass is 460 g/mol. The van der Waals surface area contributed by atoms with Crippen molar-refractivity contribution in [2.75, 3.05) is 52.5 Å². The van der Waals surface area contributed by atoms with Gasteiger partial charge in [-0.3, -0.25) is 9.59 Å². The molecule has 2 aromatic rings. The van der Waals surface area contributed by atoms with E-state index in [1.807, 2.05) is 20.8 Å². The van der Waals surface area contributed by atoms with Crippen LogP contribution in [0.3, 0.4) is 0 Å². The molecule has 1 aliphatic heterocycles. The van der Waals surface area contributed by atoms with Gasteiger partial charge in [-0.1, -0.05) is 32.9 Å². The lowest BCUT2D eigenvalue weighted by atomic mass is 9.85. The molecule has 0 amide bonds. The summed E-state index contributed by atoms with van der Waals surface area (Å²) in [6.07, 6.45) is 0. The second kappa shape index (κ2) is 10.2. The molecule has 1 unspecified atom stereocenters. The first-order valence-corrected chi connectivity index (χ1v) is 10.8. The van der Waals surface area contributed by atoms with Crippen LogP contribution in [-0.4, -0.2) is 64.6 Å². The molecular formula is C24H32N2O7. The number of hydrogen-bond acceptors (Lipinski definition) is 9. The first kappa shape index (κ1) is 24.6. The van der Waals surface area contributed by atoms with Crippen LogP contribution >= 0.6 is 0 Å². The van der Waals surface area contributed by atoms with Crippen LogP contribution in [0.5, 0.6) is 5.75 Å². The van der Waals surface area contributed by atoms with Crippen LogP contribution in [0, 0.1) is 5.92 Å². The van der Waals surface area contributed by atoms with Crippen molar-refractivity contribution >= 4 is 17.8 Å². The number of nitrogens with zero attached hydrogens (tertiary/aromatic N) is 2. The number of benzene rings is 1. The highest BCUT2D eigenvalue weighted by atomic mass is 16.5. The van der Waals surface area contributed by atoms with Crippen molar-refractivity contribution in [3.8, 4) is 5.75 Å². The Hall–Kier alpha value is -3.07. The third kappa shape index (κ3) is 5.30. The summed E-state index contributed by atoms with van der Waals surface area (Å²) in [5.74, 6) is -2.25. The number of rotatable bonds is 7. The minimum Gasteiger partial charge on any atom is -0.497 e. The van der Waals surface area contributed by atoms with Gasteiger partial charge in [0.2, 0.25) is 11.8 Å². The topological polar surface area (TPSA) is 100 Å². The number of aromatic nitrogens is 1. The van der Waals surface area contributed by atoms with Crippen molar-refractivity contribution in [3.63, 3.8) is 0 Å². The molecule has 1 aliphatic rings. The van der Waals surface area contributed by atoms with Crippen LogP contribution in [0.4, 0.5) is 5.88 Å². The molecule has 9 nitrogen and oxygen atoms in total. The number of methoxy groups -OCH3 is 3. The molecule has 0 radical (unpaired) electrons. The zero-order valence-corrected chi connectivity index (χ0v) is 20.0. The average molecular weight is 461 g/mol. The number of oxazole rings is 1. The van der Waals surface area contributed by atoms with Crippen molar-refractivity contribution in [2.24, 2.45) is 5.92 Å². The lowest BCUT2D eigenvalue weighted by Crippen LogP contribution is -2.37. The van der Waals surface area contributed by atoms with Gasteiger partial charge in [-0.25, -0.2) is 4.98 Å². The van der Waals surface area contributed by atoms with E-state index in [4.69, 9.17) is 28.3 Å². The zero-order chi connectivity index (χ0) is 24.2. The summed E-state index contributed by atoms with van der Waals surface area (Å²) in [5, 5.41) is 0. The molecule has 1 aromatic carbocycles. The maximum Gasteiger partial charge on any atom is 0.321 e. The van der Waals surface area contributed by atoms with Gasteiger partial charge < -0.3 is 28.3 Å². The van der Waals surface area contributed by atoms with Gasteiger partial charge >= 0.3 is 11.9 Å². The third-order valence-electron chi connectivity index (χ3n) is 5.60. The largest absolute Gasteiger partial charge is 0.497 e. The van der Waals surface area contributed by atoms with Gasteiger partial charge in [-0.05, 0) is 17.7 Å². The van der Waals surface area contributed by atoms with Crippen molar-refractivity contribution in [3.05, 3.63) is 41.4 Å². The Labute approximate surface area is 194 Å². The summed E-state index contributed by atoms with van der Waals surface area (Å²) in [4.78, 5) is 32.5. The predicted molar refractivity (Wildman–Crippen MR) is 121 cm³/mol. The highest BCUT2D eigenvalue weighted by Gasteiger charge is 2.43. The van der Waals surface area contributed by atoms with Gasteiger partial charge in [-0.15, -0.1) is 0 Å². The molecule has 0 N–H and O–H groups in total. The highest BCUT2D eigenvalue weighted by Crippen LogP contribution is 2.40. The summed E-state index contributed by atoms with van der Waals surface area (Å²) in [7, 11) is 4.01. The molecule has 9 heteroatoms. The lowest BCUT2D eigenvalue weighted by Gasteiger charge is -2.29. The fourth-order valence-corrected chi connectivity index (χ4v) is 3.87. The van der Waals surface area contributed by atoms with Gasteiger partial charge in [0.1, 0.15) is 11.4 Å². The van der Waals surface area contributed by atoms with E-state index in [-0.39, 0.29) is 11.3 Å². The normalized spacial score (nSPS) is 15.3. The Morgan fingerprint density at radius 3 is 2.24 bits per heavy atom. The minimum atomic E-state index is -1.31. The maximum absolute atomic E-state index is 12.8. The smallest absolute Gasteiger partial charge is 0.321 e. The number of anilines is 1. The lowest BCUT2D eigenvalue weighted by molar-refractivity contribution is -0.159. The number of esters is 2. The number of carbonyl (C=O) groups is 2. The van der Waals surface area contributed by atoms with E-state index in [1.165, 1.54) is 14.2 Å². The van der Waals surface area contributed by atoms with E-state index < -0.39 is 23.8 Å². The molecule has 1 aromatic heterocycles. The molecule has 1 fully saturated rings. The fraction of sp³-hybridized carbons (Fsp3) is 0.542. The van der Waals surface area contributed by atoms with Crippen LogP contribution in [0.1, 0.15) is 43.8 Å². The van der Waals surface area contributed by atoms with E-state index >= 15 is 0 Å². The van der Waals surface area contributed by atoms with Crippen LogP contribution < -0.4 is 9.64 Å². The quantitative estimate of drug-likeness (QED) is 0.456. The Balaban J connectivity index is 2.22. The van der Waals surface area contributed by atoms with Crippen LogP contribution in [0.2, 0.25) is 0 Å². The maximum atomic E-state index is 12.8. The standard InChI is InChI=1S/C24H32N2O7/c1-24(2,3)19-21(26-10-12-32-13-11-26)33-20(25-19)17(15-8-7-9-16(14-15)29-4)18(22(27)30-5)23(28)31-6/h7-9,14,17-18H,10-13H2,1-6H3. The van der Waals surface area contributed by atoms with Gasteiger partial charge in [-0.2, -0.15) is 0 Å². The molecular weight excluding hydrogens is 428 g/mol. The van der Waals surface area contributed by atoms with Crippen molar-refractivity contribution in [1.82, 2.24) is 4.98 Å². The Bertz CT molecular complexity index is 957. The molecule has 180 valence electrons. The molecule has 2 heterocycles. The average Bonchev–Trinajstić information content (AvgIpc) is 3.27. The van der Waals surface area contributed by atoms with Gasteiger partial charge in [0.25, 0.3) is 0 Å². The number of ether oxygens (including phenoxy) is 4. The molecule has 0 spiro atoms. The number of carbonyl (C=O) groups excluding carboxylic acids is 2. The van der Waals surface area contributed by atoms with E-state index in [2.05, 4.69) is 4.90 Å². The summed E-state index contributed by atoms with van der Waals surface area (Å²) < 4.78 is 27.1. The minimum absolute atomic E-state index is 0.232. The van der Waals surface area contributed by atoms with Gasteiger partial charge in [0.05, 0.1) is 40.5 Å². The summed E-state index contributed by atoms with van der Waals surface area (Å²) in [6, 6.07) is 7.10. The fourth-order valence-electron chi connectivity index (χ4n) is 3.87. The Morgan fingerprint density at radius 1 is 1.06 bits per heavy atom. The second-order valence-electron chi connectivity index (χ2n) is 8.83. The third-order valence-corrected chi connectivity index (χ3v) is 5.60. The van der Waals surface area contributed by atoms with E-state index in [9.17, 15) is 9.59 Å². The number of morpholine rings is 1. The zero-order valence-electron chi connectivity index (χ0n) is 20.0. The summed E-state index contributed by atoms with van der Waals surface area (Å²) in [5.41, 5.74) is 1.01. The first-order valence-electron chi connectivity index (χ1n) is 10.8. The van der Waals surface area contributed by atoms with Crippen molar-refractivity contribution < 1.29 is 33.0 Å².